The normalized spacial score (nSPS) is 18.2. The Labute approximate surface area is 105 Å². The van der Waals surface area contributed by atoms with E-state index in [1.165, 1.54) is 23.1 Å². The highest BCUT2D eigenvalue weighted by molar-refractivity contribution is 8.15. The molecule has 1 saturated heterocycles. The van der Waals surface area contributed by atoms with E-state index >= 15 is 0 Å². The highest BCUT2D eigenvalue weighted by Crippen LogP contribution is 2.33. The summed E-state index contributed by atoms with van der Waals surface area (Å²) in [6.07, 6.45) is 0. The molecule has 1 fully saturated rings. The maximum absolute atomic E-state index is 11.8. The van der Waals surface area contributed by atoms with Crippen LogP contribution in [0.2, 0.25) is 0 Å². The van der Waals surface area contributed by atoms with Gasteiger partial charge in [-0.2, -0.15) is 11.8 Å². The van der Waals surface area contributed by atoms with E-state index in [-0.39, 0.29) is 5.24 Å². The van der Waals surface area contributed by atoms with Crippen molar-refractivity contribution in [2.24, 2.45) is 0 Å². The van der Waals surface area contributed by atoms with Gasteiger partial charge in [-0.25, -0.2) is 0 Å². The molecule has 0 aliphatic carbocycles. The molecule has 1 amide bonds. The van der Waals surface area contributed by atoms with E-state index in [2.05, 4.69) is 0 Å². The Kier molecular flexibility index (Phi) is 4.18. The zero-order valence-corrected chi connectivity index (χ0v) is 10.9. The topological polar surface area (TPSA) is 20.3 Å². The molecule has 0 saturated carbocycles. The summed E-state index contributed by atoms with van der Waals surface area (Å²) in [7, 11) is 1.86. The van der Waals surface area contributed by atoms with E-state index in [1.54, 1.807) is 4.90 Å². The molecular formula is C12H15NOS2. The second-order valence-corrected chi connectivity index (χ2v) is 6.18. The number of nitrogens with zero attached hydrogens (tertiary/aromatic N) is 1. The van der Waals surface area contributed by atoms with Crippen molar-refractivity contribution in [2.75, 3.05) is 18.6 Å². The summed E-state index contributed by atoms with van der Waals surface area (Å²) in [5.41, 5.74) is 1.18. The Morgan fingerprint density at radius 3 is 2.81 bits per heavy atom. The van der Waals surface area contributed by atoms with E-state index in [9.17, 15) is 4.79 Å². The number of benzene rings is 1. The van der Waals surface area contributed by atoms with Gasteiger partial charge in [0.2, 0.25) is 0 Å². The molecule has 16 heavy (non-hydrogen) atoms. The average Bonchev–Trinajstić information content (AvgIpc) is 3.11. The van der Waals surface area contributed by atoms with Gasteiger partial charge in [0.1, 0.15) is 0 Å². The zero-order valence-electron chi connectivity index (χ0n) is 9.26. The minimum Gasteiger partial charge on any atom is -0.332 e. The summed E-state index contributed by atoms with van der Waals surface area (Å²) in [5, 5.41) is 0.899. The molecule has 2 rings (SSSR count). The average molecular weight is 253 g/mol. The Morgan fingerprint density at radius 1 is 1.50 bits per heavy atom. The molecule has 2 nitrogen and oxygen atoms in total. The Balaban J connectivity index is 1.77. The van der Waals surface area contributed by atoms with Gasteiger partial charge in [-0.15, -0.1) is 0 Å². The Morgan fingerprint density at radius 2 is 2.19 bits per heavy atom. The lowest BCUT2D eigenvalue weighted by Crippen LogP contribution is -2.22. The van der Waals surface area contributed by atoms with Gasteiger partial charge in [-0.05, 0) is 5.56 Å². The second-order valence-electron chi connectivity index (χ2n) is 3.87. The summed E-state index contributed by atoms with van der Waals surface area (Å²) >= 11 is 3.37. The molecule has 0 N–H and O–H groups in total. The fraction of sp³-hybridized carbons (Fsp3) is 0.417. The van der Waals surface area contributed by atoms with Gasteiger partial charge in [0.05, 0.1) is 0 Å². The first-order valence-corrected chi connectivity index (χ1v) is 7.32. The van der Waals surface area contributed by atoms with Crippen molar-refractivity contribution in [1.82, 2.24) is 4.90 Å². The van der Waals surface area contributed by atoms with Gasteiger partial charge in [0, 0.05) is 30.3 Å². The predicted octanol–water partition coefficient (Wildman–Crippen LogP) is 3.09. The molecule has 0 aromatic heterocycles. The molecule has 1 aromatic rings. The van der Waals surface area contributed by atoms with Crippen molar-refractivity contribution in [3.05, 3.63) is 35.9 Å². The second kappa shape index (κ2) is 5.64. The number of carbonyl (C=O) groups is 1. The number of hydrogen-bond acceptors (Lipinski definition) is 3. The van der Waals surface area contributed by atoms with Crippen LogP contribution in [0.15, 0.2) is 30.3 Å². The molecule has 0 bridgehead atoms. The van der Waals surface area contributed by atoms with E-state index in [0.717, 1.165) is 11.0 Å². The molecule has 1 aromatic carbocycles. The number of hydrogen-bond donors (Lipinski definition) is 0. The summed E-state index contributed by atoms with van der Waals surface area (Å²) in [5.74, 6) is 2.19. The minimum absolute atomic E-state index is 0.177. The van der Waals surface area contributed by atoms with E-state index in [0.29, 0.717) is 6.54 Å². The number of carbonyl (C=O) groups excluding carboxylic acids is 1. The third kappa shape index (κ3) is 3.76. The lowest BCUT2D eigenvalue weighted by molar-refractivity contribution is 0.232. The van der Waals surface area contributed by atoms with E-state index in [1.807, 2.05) is 49.1 Å². The minimum atomic E-state index is 0.177. The van der Waals surface area contributed by atoms with Gasteiger partial charge < -0.3 is 4.90 Å². The summed E-state index contributed by atoms with van der Waals surface area (Å²) in [4.78, 5) is 13.5. The SMILES string of the molecule is CN(Cc1ccccc1)C(=O)SCC1CS1. The van der Waals surface area contributed by atoms with Crippen LogP contribution >= 0.6 is 23.5 Å². The predicted molar refractivity (Wildman–Crippen MR) is 72.0 cm³/mol. The molecule has 1 aliphatic rings. The lowest BCUT2D eigenvalue weighted by atomic mass is 10.2. The summed E-state index contributed by atoms with van der Waals surface area (Å²) in [6.45, 7) is 0.699. The quantitative estimate of drug-likeness (QED) is 0.769. The molecule has 0 radical (unpaired) electrons. The third-order valence-corrected chi connectivity index (χ3v) is 4.68. The van der Waals surface area contributed by atoms with Crippen LogP contribution in [-0.4, -0.2) is 33.9 Å². The van der Waals surface area contributed by atoms with Crippen LogP contribution in [0, 0.1) is 0 Å². The van der Waals surface area contributed by atoms with Crippen molar-refractivity contribution in [1.29, 1.82) is 0 Å². The van der Waals surface area contributed by atoms with E-state index < -0.39 is 0 Å². The van der Waals surface area contributed by atoms with Gasteiger partial charge in [-0.3, -0.25) is 4.79 Å². The maximum atomic E-state index is 11.8. The molecule has 1 aliphatic heterocycles. The van der Waals surface area contributed by atoms with Gasteiger partial charge in [0.25, 0.3) is 5.24 Å². The molecule has 1 unspecified atom stereocenters. The molecule has 86 valence electrons. The molecule has 0 spiro atoms. The zero-order chi connectivity index (χ0) is 11.4. The Hall–Kier alpha value is -0.610. The van der Waals surface area contributed by atoms with Crippen LogP contribution in [-0.2, 0) is 6.54 Å². The number of amides is 1. The van der Waals surface area contributed by atoms with Crippen molar-refractivity contribution in [3.63, 3.8) is 0 Å². The van der Waals surface area contributed by atoms with Crippen LogP contribution in [0.5, 0.6) is 0 Å². The maximum Gasteiger partial charge on any atom is 0.281 e. The van der Waals surface area contributed by atoms with Crippen molar-refractivity contribution in [2.45, 2.75) is 11.8 Å². The van der Waals surface area contributed by atoms with Crippen LogP contribution in [0.3, 0.4) is 0 Å². The first-order chi connectivity index (χ1) is 7.75. The molecule has 1 heterocycles. The third-order valence-electron chi connectivity index (χ3n) is 2.37. The van der Waals surface area contributed by atoms with Crippen molar-refractivity contribution < 1.29 is 4.79 Å². The lowest BCUT2D eigenvalue weighted by Gasteiger charge is -2.16. The van der Waals surface area contributed by atoms with Crippen LogP contribution < -0.4 is 0 Å². The Bertz CT molecular complexity index is 351. The van der Waals surface area contributed by atoms with E-state index in [4.69, 9.17) is 0 Å². The van der Waals surface area contributed by atoms with Gasteiger partial charge in [0.15, 0.2) is 0 Å². The fourth-order valence-corrected chi connectivity index (χ4v) is 3.08. The highest BCUT2D eigenvalue weighted by atomic mass is 32.2. The van der Waals surface area contributed by atoms with Crippen LogP contribution in [0.25, 0.3) is 0 Å². The number of rotatable bonds is 4. The van der Waals surface area contributed by atoms with Crippen LogP contribution in [0.4, 0.5) is 4.79 Å². The highest BCUT2D eigenvalue weighted by Gasteiger charge is 2.24. The van der Waals surface area contributed by atoms with Gasteiger partial charge >= 0.3 is 0 Å². The first kappa shape index (κ1) is 11.9. The van der Waals surface area contributed by atoms with Crippen molar-refractivity contribution in [3.8, 4) is 0 Å². The fourth-order valence-electron chi connectivity index (χ4n) is 1.36. The standard InChI is InChI=1S/C12H15NOS2/c1-13(7-10-5-3-2-4-6-10)12(14)16-9-11-8-15-11/h2-6,11H,7-9H2,1H3. The smallest absolute Gasteiger partial charge is 0.281 e. The van der Waals surface area contributed by atoms with Crippen molar-refractivity contribution >= 4 is 28.8 Å². The summed E-state index contributed by atoms with van der Waals surface area (Å²) < 4.78 is 0. The molecule has 4 heteroatoms. The molecular weight excluding hydrogens is 238 g/mol. The van der Waals surface area contributed by atoms with Gasteiger partial charge in [-0.1, -0.05) is 42.1 Å². The summed E-state index contributed by atoms with van der Waals surface area (Å²) in [6, 6.07) is 10.1. The first-order valence-electron chi connectivity index (χ1n) is 5.29. The largest absolute Gasteiger partial charge is 0.332 e. The number of thioether (sulfide) groups is 2. The van der Waals surface area contributed by atoms with Crippen LogP contribution in [0.1, 0.15) is 5.56 Å². The monoisotopic (exact) mass is 253 g/mol. The molecule has 1 atom stereocenters.